The number of hydrogen-bond acceptors (Lipinski definition) is 4. The zero-order valence-corrected chi connectivity index (χ0v) is 17.0. The number of aromatic amines is 1. The molecule has 0 saturated carbocycles. The lowest BCUT2D eigenvalue weighted by molar-refractivity contribution is 0.607. The van der Waals surface area contributed by atoms with Crippen molar-refractivity contribution < 1.29 is 8.42 Å². The number of benzene rings is 2. The highest BCUT2D eigenvalue weighted by Crippen LogP contribution is 2.43. The summed E-state index contributed by atoms with van der Waals surface area (Å²) in [4.78, 5) is 10.3. The summed E-state index contributed by atoms with van der Waals surface area (Å²) < 4.78 is 25.4. The molecular weight excluding hydrogens is 396 g/mol. The maximum Gasteiger partial charge on any atom is 0.229 e. The monoisotopic (exact) mass is 414 g/mol. The first kappa shape index (κ1) is 18.6. The molecule has 2 aromatic carbocycles. The molecule has 28 heavy (non-hydrogen) atoms. The molecule has 8 heteroatoms. The Morgan fingerprint density at radius 1 is 1.11 bits per heavy atom. The summed E-state index contributed by atoms with van der Waals surface area (Å²) in [5.41, 5.74) is 7.08. The SMILES string of the molecule is Cc1cc2c3c(ccc4ncc(c43)CN2c2ccc(NS(C)(=O)=O)cc2)[nH]1.Cl. The molecule has 144 valence electrons. The van der Waals surface area contributed by atoms with Gasteiger partial charge in [-0.15, -0.1) is 12.4 Å². The molecule has 0 atom stereocenters. The second-order valence-corrected chi connectivity index (χ2v) is 8.76. The molecule has 0 unspecified atom stereocenters. The van der Waals surface area contributed by atoms with E-state index in [1.165, 1.54) is 16.3 Å². The van der Waals surface area contributed by atoms with Crippen LogP contribution in [-0.2, 0) is 16.6 Å². The van der Waals surface area contributed by atoms with E-state index in [0.29, 0.717) is 5.69 Å². The first-order valence-electron chi connectivity index (χ1n) is 8.64. The Kier molecular flexibility index (Phi) is 4.24. The van der Waals surface area contributed by atoms with Gasteiger partial charge in [0.2, 0.25) is 10.0 Å². The molecule has 0 spiro atoms. The summed E-state index contributed by atoms with van der Waals surface area (Å²) in [5.74, 6) is 0. The van der Waals surface area contributed by atoms with E-state index in [4.69, 9.17) is 0 Å². The minimum Gasteiger partial charge on any atom is -0.359 e. The Hall–Kier alpha value is -2.77. The number of hydrogen-bond donors (Lipinski definition) is 2. The van der Waals surface area contributed by atoms with Crippen molar-refractivity contribution in [3.63, 3.8) is 0 Å². The van der Waals surface area contributed by atoms with E-state index in [9.17, 15) is 8.42 Å². The number of nitrogens with zero attached hydrogens (tertiary/aromatic N) is 2. The first-order valence-corrected chi connectivity index (χ1v) is 10.5. The van der Waals surface area contributed by atoms with Crippen molar-refractivity contribution in [2.45, 2.75) is 13.5 Å². The topological polar surface area (TPSA) is 78.1 Å². The predicted octanol–water partition coefficient (Wildman–Crippen LogP) is 4.47. The molecule has 0 radical (unpaired) electrons. The Balaban J connectivity index is 0.00000192. The highest BCUT2D eigenvalue weighted by atomic mass is 35.5. The van der Waals surface area contributed by atoms with E-state index in [1.54, 1.807) is 12.1 Å². The lowest BCUT2D eigenvalue weighted by Crippen LogP contribution is -2.20. The third kappa shape index (κ3) is 2.96. The van der Waals surface area contributed by atoms with Crippen LogP contribution < -0.4 is 9.62 Å². The zero-order chi connectivity index (χ0) is 18.8. The Morgan fingerprint density at radius 3 is 2.57 bits per heavy atom. The number of anilines is 3. The molecule has 0 bridgehead atoms. The van der Waals surface area contributed by atoms with Gasteiger partial charge in [-0.3, -0.25) is 9.71 Å². The summed E-state index contributed by atoms with van der Waals surface area (Å²) in [6.07, 6.45) is 3.09. The Labute approximate surface area is 169 Å². The number of halogens is 1. The van der Waals surface area contributed by atoms with Crippen LogP contribution in [0.1, 0.15) is 11.3 Å². The molecule has 0 amide bonds. The van der Waals surface area contributed by atoms with E-state index in [-0.39, 0.29) is 12.4 Å². The van der Waals surface area contributed by atoms with Gasteiger partial charge in [0, 0.05) is 45.1 Å². The van der Waals surface area contributed by atoms with Gasteiger partial charge in [-0.2, -0.15) is 0 Å². The fourth-order valence-electron chi connectivity index (χ4n) is 3.87. The normalized spacial score (nSPS) is 13.1. The van der Waals surface area contributed by atoms with Crippen LogP contribution >= 0.6 is 12.4 Å². The smallest absolute Gasteiger partial charge is 0.229 e. The van der Waals surface area contributed by atoms with Gasteiger partial charge in [-0.25, -0.2) is 8.42 Å². The summed E-state index contributed by atoms with van der Waals surface area (Å²) in [7, 11) is -3.29. The van der Waals surface area contributed by atoms with Gasteiger partial charge in [0.1, 0.15) is 0 Å². The molecule has 3 heterocycles. The number of sulfonamides is 1. The van der Waals surface area contributed by atoms with Crippen molar-refractivity contribution in [3.05, 3.63) is 59.9 Å². The van der Waals surface area contributed by atoms with E-state index in [1.807, 2.05) is 18.3 Å². The molecule has 0 fully saturated rings. The van der Waals surface area contributed by atoms with Gasteiger partial charge in [-0.05, 0) is 49.4 Å². The van der Waals surface area contributed by atoms with Crippen molar-refractivity contribution >= 4 is 61.3 Å². The van der Waals surface area contributed by atoms with Crippen LogP contribution in [0.15, 0.2) is 48.7 Å². The van der Waals surface area contributed by atoms with E-state index >= 15 is 0 Å². The Bertz CT molecular complexity index is 1310. The lowest BCUT2D eigenvalue weighted by atomic mass is 9.99. The van der Waals surface area contributed by atoms with Crippen LogP contribution in [0.3, 0.4) is 0 Å². The number of rotatable bonds is 3. The van der Waals surface area contributed by atoms with Crippen LogP contribution in [0.5, 0.6) is 0 Å². The van der Waals surface area contributed by atoms with E-state index in [2.05, 4.69) is 44.7 Å². The van der Waals surface area contributed by atoms with Gasteiger partial charge in [-0.1, -0.05) is 0 Å². The summed E-state index contributed by atoms with van der Waals surface area (Å²) in [6.45, 7) is 2.78. The third-order valence-electron chi connectivity index (χ3n) is 4.91. The zero-order valence-electron chi connectivity index (χ0n) is 15.4. The fourth-order valence-corrected chi connectivity index (χ4v) is 4.44. The molecule has 1 aliphatic rings. The lowest BCUT2D eigenvalue weighted by Gasteiger charge is -2.30. The minimum absolute atomic E-state index is 0. The van der Waals surface area contributed by atoms with E-state index in [0.717, 1.165) is 40.9 Å². The van der Waals surface area contributed by atoms with Gasteiger partial charge in [0.25, 0.3) is 0 Å². The van der Waals surface area contributed by atoms with Crippen molar-refractivity contribution in [3.8, 4) is 0 Å². The van der Waals surface area contributed by atoms with Gasteiger partial charge in [0.15, 0.2) is 0 Å². The average Bonchev–Trinajstić information content (AvgIpc) is 3.02. The summed E-state index contributed by atoms with van der Waals surface area (Å²) in [6, 6.07) is 13.7. The van der Waals surface area contributed by atoms with Crippen LogP contribution in [0.4, 0.5) is 17.1 Å². The fraction of sp³-hybridized carbons (Fsp3) is 0.150. The van der Waals surface area contributed by atoms with Gasteiger partial charge < -0.3 is 9.88 Å². The number of aromatic nitrogens is 2. The predicted molar refractivity (Wildman–Crippen MR) is 116 cm³/mol. The van der Waals surface area contributed by atoms with Crippen LogP contribution in [0.2, 0.25) is 0 Å². The molecule has 0 aliphatic carbocycles. The number of H-pyrrole nitrogens is 1. The number of aryl methyl sites for hydroxylation is 1. The molecule has 0 saturated heterocycles. The number of nitrogens with one attached hydrogen (secondary N) is 2. The maximum atomic E-state index is 11.4. The average molecular weight is 415 g/mol. The summed E-state index contributed by atoms with van der Waals surface area (Å²) in [5, 5.41) is 2.39. The van der Waals surface area contributed by atoms with Crippen molar-refractivity contribution in [2.75, 3.05) is 15.9 Å². The minimum atomic E-state index is -3.29. The number of pyridine rings is 1. The molecule has 4 aromatic rings. The van der Waals surface area contributed by atoms with Crippen molar-refractivity contribution in [2.24, 2.45) is 0 Å². The molecule has 2 aromatic heterocycles. The van der Waals surface area contributed by atoms with Crippen LogP contribution in [-0.4, -0.2) is 24.6 Å². The summed E-state index contributed by atoms with van der Waals surface area (Å²) >= 11 is 0. The first-order chi connectivity index (χ1) is 12.9. The molecule has 6 nitrogen and oxygen atoms in total. The Morgan fingerprint density at radius 2 is 1.86 bits per heavy atom. The highest BCUT2D eigenvalue weighted by molar-refractivity contribution is 7.92. The van der Waals surface area contributed by atoms with E-state index < -0.39 is 10.0 Å². The maximum absolute atomic E-state index is 11.4. The standard InChI is InChI=1S/C20H18N4O2S.ClH/c1-12-9-18-20-17(22-12)8-7-16-19(20)13(10-21-16)11-24(18)15-5-3-14(4-6-15)23-27(2,25)26;/h3-10,22-23H,11H2,1-2H3;1H. The second kappa shape index (κ2) is 6.39. The van der Waals surface area contributed by atoms with Crippen molar-refractivity contribution in [1.82, 2.24) is 9.97 Å². The van der Waals surface area contributed by atoms with Crippen molar-refractivity contribution in [1.29, 1.82) is 0 Å². The largest absolute Gasteiger partial charge is 0.359 e. The molecule has 1 aliphatic heterocycles. The molecular formula is C20H19ClN4O2S. The van der Waals surface area contributed by atoms with Crippen LogP contribution in [0.25, 0.3) is 21.8 Å². The third-order valence-corrected chi connectivity index (χ3v) is 5.51. The highest BCUT2D eigenvalue weighted by Gasteiger charge is 2.24. The quantitative estimate of drug-likeness (QED) is 0.518. The van der Waals surface area contributed by atoms with Gasteiger partial charge in [0.05, 0.1) is 24.0 Å². The van der Waals surface area contributed by atoms with Crippen LogP contribution in [0, 0.1) is 6.92 Å². The second-order valence-electron chi connectivity index (χ2n) is 7.01. The molecule has 2 N–H and O–H groups in total. The molecule has 5 rings (SSSR count). The van der Waals surface area contributed by atoms with Gasteiger partial charge >= 0.3 is 0 Å².